The Labute approximate surface area is 135 Å². The summed E-state index contributed by atoms with van der Waals surface area (Å²) in [5.41, 5.74) is 0.974. The molecule has 0 N–H and O–H groups in total. The number of halogens is 2. The minimum absolute atomic E-state index is 0.216. The summed E-state index contributed by atoms with van der Waals surface area (Å²) < 4.78 is 12.7. The average Bonchev–Trinajstić information content (AvgIpc) is 2.71. The van der Waals surface area contributed by atoms with Crippen LogP contribution in [0.2, 0.25) is 5.02 Å². The quantitative estimate of drug-likeness (QED) is 0.752. The standard InChI is InChI=1S/C14H14BrClN2O3/c1-3-20-14(19)13-12(15)11(17-18(13)2)8-21-10-6-4-5-9(16)7-10/h4-7H,3,8H2,1-2H3. The van der Waals surface area contributed by atoms with E-state index in [4.69, 9.17) is 21.1 Å². The summed E-state index contributed by atoms with van der Waals surface area (Å²) in [6, 6.07) is 7.08. The Balaban J connectivity index is 2.14. The highest BCUT2D eigenvalue weighted by molar-refractivity contribution is 9.10. The van der Waals surface area contributed by atoms with Crippen LogP contribution in [-0.2, 0) is 18.4 Å². The molecule has 2 rings (SSSR count). The van der Waals surface area contributed by atoms with Crippen molar-refractivity contribution in [3.05, 3.63) is 45.1 Å². The Morgan fingerprint density at radius 1 is 1.48 bits per heavy atom. The Bertz CT molecular complexity index is 658. The number of nitrogens with zero attached hydrogens (tertiary/aromatic N) is 2. The van der Waals surface area contributed by atoms with Crippen LogP contribution in [0.4, 0.5) is 0 Å². The van der Waals surface area contributed by atoms with Crippen LogP contribution in [0.25, 0.3) is 0 Å². The summed E-state index contributed by atoms with van der Waals surface area (Å²) in [5, 5.41) is 4.86. The second kappa shape index (κ2) is 6.95. The molecule has 0 fully saturated rings. The number of aryl methyl sites for hydroxylation is 1. The van der Waals surface area contributed by atoms with Gasteiger partial charge in [0, 0.05) is 12.1 Å². The molecule has 0 aliphatic rings. The summed E-state index contributed by atoms with van der Waals surface area (Å²) in [6.07, 6.45) is 0. The summed E-state index contributed by atoms with van der Waals surface area (Å²) in [6.45, 7) is 2.28. The predicted molar refractivity (Wildman–Crippen MR) is 82.6 cm³/mol. The van der Waals surface area contributed by atoms with Gasteiger partial charge in [-0.15, -0.1) is 0 Å². The first-order valence-corrected chi connectivity index (χ1v) is 7.47. The van der Waals surface area contributed by atoms with Gasteiger partial charge in [-0.25, -0.2) is 4.79 Å². The third-order valence-corrected chi connectivity index (χ3v) is 3.76. The van der Waals surface area contributed by atoms with E-state index in [-0.39, 0.29) is 6.61 Å². The molecule has 2 aromatic rings. The van der Waals surface area contributed by atoms with Gasteiger partial charge >= 0.3 is 5.97 Å². The summed E-state index contributed by atoms with van der Waals surface area (Å²) in [5.74, 6) is 0.214. The van der Waals surface area contributed by atoms with Crippen LogP contribution >= 0.6 is 27.5 Å². The topological polar surface area (TPSA) is 53.4 Å². The first-order valence-electron chi connectivity index (χ1n) is 6.29. The van der Waals surface area contributed by atoms with Crippen molar-refractivity contribution in [1.29, 1.82) is 0 Å². The van der Waals surface area contributed by atoms with E-state index in [2.05, 4.69) is 21.0 Å². The molecule has 1 aromatic carbocycles. The molecule has 0 aliphatic heterocycles. The zero-order valence-corrected chi connectivity index (χ0v) is 13.9. The van der Waals surface area contributed by atoms with Gasteiger partial charge in [-0.2, -0.15) is 5.10 Å². The van der Waals surface area contributed by atoms with Crippen molar-refractivity contribution in [2.24, 2.45) is 7.05 Å². The fourth-order valence-corrected chi connectivity index (χ4v) is 2.57. The lowest BCUT2D eigenvalue weighted by Crippen LogP contribution is -2.10. The lowest BCUT2D eigenvalue weighted by Gasteiger charge is -2.04. The van der Waals surface area contributed by atoms with Gasteiger partial charge in [0.15, 0.2) is 5.69 Å². The normalized spacial score (nSPS) is 10.5. The maximum absolute atomic E-state index is 11.8. The highest BCUT2D eigenvalue weighted by Gasteiger charge is 2.21. The first kappa shape index (κ1) is 15.9. The molecule has 0 amide bonds. The highest BCUT2D eigenvalue weighted by atomic mass is 79.9. The number of carbonyl (C=O) groups is 1. The van der Waals surface area contributed by atoms with Crippen molar-refractivity contribution in [1.82, 2.24) is 9.78 Å². The average molecular weight is 374 g/mol. The van der Waals surface area contributed by atoms with E-state index in [0.717, 1.165) is 0 Å². The van der Waals surface area contributed by atoms with Crippen LogP contribution in [0.1, 0.15) is 23.1 Å². The molecular weight excluding hydrogens is 360 g/mol. The monoisotopic (exact) mass is 372 g/mol. The molecule has 0 radical (unpaired) electrons. The van der Waals surface area contributed by atoms with Gasteiger partial charge in [0.1, 0.15) is 18.1 Å². The molecule has 0 bridgehead atoms. The van der Waals surface area contributed by atoms with Crippen LogP contribution in [0, 0.1) is 0 Å². The lowest BCUT2D eigenvalue weighted by atomic mass is 10.3. The van der Waals surface area contributed by atoms with Gasteiger partial charge in [-0.05, 0) is 41.1 Å². The molecule has 112 valence electrons. The van der Waals surface area contributed by atoms with E-state index >= 15 is 0 Å². The molecular formula is C14H14BrClN2O3. The van der Waals surface area contributed by atoms with Crippen LogP contribution in [0.15, 0.2) is 28.7 Å². The number of ether oxygens (including phenoxy) is 2. The van der Waals surface area contributed by atoms with Crippen LogP contribution in [0.3, 0.4) is 0 Å². The number of carbonyl (C=O) groups excluding carboxylic acids is 1. The minimum Gasteiger partial charge on any atom is -0.487 e. The molecule has 0 aliphatic carbocycles. The van der Waals surface area contributed by atoms with Crippen molar-refractivity contribution in [3.8, 4) is 5.75 Å². The molecule has 1 aromatic heterocycles. The molecule has 5 nitrogen and oxygen atoms in total. The highest BCUT2D eigenvalue weighted by Crippen LogP contribution is 2.24. The van der Waals surface area contributed by atoms with Gasteiger partial charge in [-0.3, -0.25) is 4.68 Å². The Kier molecular flexibility index (Phi) is 5.25. The number of hydrogen-bond acceptors (Lipinski definition) is 4. The van der Waals surface area contributed by atoms with Crippen molar-refractivity contribution >= 4 is 33.5 Å². The van der Waals surface area contributed by atoms with Crippen molar-refractivity contribution in [2.45, 2.75) is 13.5 Å². The van der Waals surface area contributed by atoms with Crippen LogP contribution < -0.4 is 4.74 Å². The van der Waals surface area contributed by atoms with Gasteiger partial charge in [-0.1, -0.05) is 17.7 Å². The fourth-order valence-electron chi connectivity index (χ4n) is 1.78. The third kappa shape index (κ3) is 3.77. The van der Waals surface area contributed by atoms with E-state index < -0.39 is 5.97 Å². The van der Waals surface area contributed by atoms with E-state index in [1.165, 1.54) is 4.68 Å². The van der Waals surface area contributed by atoms with Crippen molar-refractivity contribution < 1.29 is 14.3 Å². The van der Waals surface area contributed by atoms with Gasteiger partial charge in [0.05, 0.1) is 11.1 Å². The fraction of sp³-hybridized carbons (Fsp3) is 0.286. The molecule has 0 atom stereocenters. The zero-order valence-electron chi connectivity index (χ0n) is 11.6. The van der Waals surface area contributed by atoms with Gasteiger partial charge in [0.25, 0.3) is 0 Å². The van der Waals surface area contributed by atoms with E-state index in [0.29, 0.717) is 33.2 Å². The number of benzene rings is 1. The number of rotatable bonds is 5. The summed E-state index contributed by atoms with van der Waals surface area (Å²) >= 11 is 9.26. The SMILES string of the molecule is CCOC(=O)c1c(Br)c(COc2cccc(Cl)c2)nn1C. The second-order valence-corrected chi connectivity index (χ2v) is 5.43. The smallest absolute Gasteiger partial charge is 0.357 e. The zero-order chi connectivity index (χ0) is 15.4. The molecule has 0 unspecified atom stereocenters. The molecule has 7 heteroatoms. The maximum Gasteiger partial charge on any atom is 0.357 e. The van der Waals surface area contributed by atoms with Gasteiger partial charge in [0.2, 0.25) is 0 Å². The minimum atomic E-state index is -0.423. The Hall–Kier alpha value is -1.53. The molecule has 0 saturated heterocycles. The molecule has 0 spiro atoms. The van der Waals surface area contributed by atoms with Crippen LogP contribution in [0.5, 0.6) is 5.75 Å². The lowest BCUT2D eigenvalue weighted by molar-refractivity contribution is 0.0512. The number of aromatic nitrogens is 2. The Morgan fingerprint density at radius 3 is 2.90 bits per heavy atom. The van der Waals surface area contributed by atoms with Crippen molar-refractivity contribution in [3.63, 3.8) is 0 Å². The van der Waals surface area contributed by atoms with Gasteiger partial charge < -0.3 is 9.47 Å². The predicted octanol–water partition coefficient (Wildman–Crippen LogP) is 3.59. The number of hydrogen-bond donors (Lipinski definition) is 0. The van der Waals surface area contributed by atoms with E-state index in [1.807, 2.05) is 0 Å². The largest absolute Gasteiger partial charge is 0.487 e. The molecule has 0 saturated carbocycles. The first-order chi connectivity index (χ1) is 10.0. The summed E-state index contributed by atoms with van der Waals surface area (Å²) in [4.78, 5) is 11.8. The van der Waals surface area contributed by atoms with Crippen LogP contribution in [-0.4, -0.2) is 22.4 Å². The molecule has 21 heavy (non-hydrogen) atoms. The third-order valence-electron chi connectivity index (χ3n) is 2.70. The van der Waals surface area contributed by atoms with E-state index in [1.54, 1.807) is 38.2 Å². The maximum atomic E-state index is 11.8. The Morgan fingerprint density at radius 2 is 2.24 bits per heavy atom. The molecule has 1 heterocycles. The number of esters is 1. The summed E-state index contributed by atoms with van der Waals surface area (Å²) in [7, 11) is 1.68. The van der Waals surface area contributed by atoms with E-state index in [9.17, 15) is 4.79 Å². The van der Waals surface area contributed by atoms with Crippen molar-refractivity contribution in [2.75, 3.05) is 6.61 Å². The second-order valence-electron chi connectivity index (χ2n) is 4.20.